The van der Waals surface area contributed by atoms with Gasteiger partial charge in [0.05, 0.1) is 44.1 Å². The van der Waals surface area contributed by atoms with Gasteiger partial charge in [0.1, 0.15) is 82.1 Å². The van der Waals surface area contributed by atoms with E-state index in [0.29, 0.717) is 41.3 Å². The maximum Gasteiger partial charge on any atom is 0.245 e. The van der Waals surface area contributed by atoms with Crippen molar-refractivity contribution in [3.8, 4) is 0 Å². The van der Waals surface area contributed by atoms with E-state index in [-0.39, 0.29) is 83.1 Å². The molecule has 1 aliphatic rings. The molecule has 0 saturated carbocycles. The van der Waals surface area contributed by atoms with Crippen LogP contribution in [-0.4, -0.2) is 246 Å². The number of aliphatic hydroxyl groups excluding tert-OH is 2. The number of benzene rings is 2. The van der Waals surface area contributed by atoms with Crippen LogP contribution in [0.5, 0.6) is 0 Å². The number of guanidine groups is 1. The Hall–Kier alpha value is -11.5. The lowest BCUT2D eigenvalue weighted by Gasteiger charge is -2.28. The van der Waals surface area contributed by atoms with Gasteiger partial charge in [0, 0.05) is 74.6 Å². The second kappa shape index (κ2) is 57.1. The number of rotatable bonds is 49. The van der Waals surface area contributed by atoms with Crippen LogP contribution < -0.4 is 91.6 Å². The molecule has 0 bridgehead atoms. The Morgan fingerprint density at radius 3 is 1.70 bits per heavy atom. The molecule has 14 amide bonds. The van der Waals surface area contributed by atoms with E-state index >= 15 is 9.59 Å². The molecule has 3 unspecified atom stereocenters. The normalized spacial score (nSPS) is 18.6. The lowest BCUT2D eigenvalue weighted by Crippen LogP contribution is -2.61. The minimum absolute atomic E-state index is 0.00110. The summed E-state index contributed by atoms with van der Waals surface area (Å²) in [7, 11) is -3.96. The minimum atomic E-state index is -3.96. The first kappa shape index (κ1) is 104. The van der Waals surface area contributed by atoms with E-state index in [0.717, 1.165) is 31.9 Å². The van der Waals surface area contributed by atoms with Crippen LogP contribution >= 0.6 is 0 Å². The van der Waals surface area contributed by atoms with Crippen LogP contribution in [0.15, 0.2) is 73.3 Å². The standard InChI is InChI=1S/C84H131N21O19S/c1-4-6-8-9-10-11-12-13-14-15-16-17-21-34-71(110)93-49-72(111)95-68(50-106)82(121)100-63(37-38-70(85)109)77(116)104-67(45-55-47-90-52-94-55)81(120)105-69(51-107)83(122)98-60(30-7-5-2)74(113)99-62-36-35-56(108)48-89-40-25-24-32-59(73(86)112)96-80(119)66(44-54-46-92-58-31-23-22-29-57(54)58)103-75(114)61(33-26-41-91-84(87)88)97-79(118)65(43-53-27-19-18-20-28-53)102-78(117)64(101-76(62)115)39-42-125(3,123)124/h18-20,22-23,27-29,31,46-47,52,59-69,89,92,106-107H,4-17,21,24-26,30,32-45,48-51H2,1-3H3,(H2,85,109)(H2,86,112)(H,90,94)(H,93,110)(H,95,111)(H,96,119)(H,97,118)(H,98,122)(H,99,113)(H,100,121)(H,101,115)(H,102,117)(H,103,114)(H,104,116)(H,105,120)(H4,87,88,91)/t59-,60-,61-,62-,63-,64?,65+,66-,67-,68?,69?/m0/s1. The molecule has 0 aliphatic carbocycles. The first-order chi connectivity index (χ1) is 59.8. The van der Waals surface area contributed by atoms with Gasteiger partial charge in [0.25, 0.3) is 0 Å². The van der Waals surface area contributed by atoms with Crippen LogP contribution in [-0.2, 0) is 101 Å². The molecule has 0 radical (unpaired) electrons. The number of nitrogens with two attached hydrogens (primary N) is 3. The fourth-order valence-electron chi connectivity index (χ4n) is 13.9. The molecule has 1 aliphatic heterocycles. The van der Waals surface area contributed by atoms with Crippen molar-refractivity contribution in [2.45, 2.75) is 273 Å². The highest BCUT2D eigenvalue weighted by atomic mass is 32.2. The number of unbranched alkanes of at least 4 members (excludes halogenated alkanes) is 13. The van der Waals surface area contributed by atoms with Crippen LogP contribution in [0.1, 0.15) is 204 Å². The van der Waals surface area contributed by atoms with Gasteiger partial charge < -0.3 is 112 Å². The molecule has 41 heteroatoms. The Bertz CT molecular complexity index is 4270. The summed E-state index contributed by atoms with van der Waals surface area (Å²) in [6, 6.07) is -2.78. The van der Waals surface area contributed by atoms with Crippen LogP contribution in [0.25, 0.3) is 10.9 Å². The molecule has 3 heterocycles. The van der Waals surface area contributed by atoms with Crippen molar-refractivity contribution in [1.82, 2.24) is 89.4 Å². The van der Waals surface area contributed by atoms with Gasteiger partial charge in [-0.25, -0.2) is 13.4 Å². The maximum absolute atomic E-state index is 15.0. The predicted molar refractivity (Wildman–Crippen MR) is 465 cm³/mol. The Kier molecular flexibility index (Phi) is 47.6. The molecular formula is C84H131N21O19S. The number of nitrogens with one attached hydrogen (secondary N) is 17. The number of aromatic amines is 2. The number of carbonyl (C=O) groups excluding carboxylic acids is 15. The number of fused-ring (bicyclic) bond motifs is 1. The second-order valence-electron chi connectivity index (χ2n) is 31.6. The largest absolute Gasteiger partial charge is 0.394 e. The van der Waals surface area contributed by atoms with Crippen LogP contribution in [0.3, 0.4) is 0 Å². The summed E-state index contributed by atoms with van der Waals surface area (Å²) >= 11 is 0. The molecule has 0 spiro atoms. The molecule has 4 aromatic rings. The average Bonchev–Trinajstić information content (AvgIpc) is 1.75. The van der Waals surface area contributed by atoms with Crippen molar-refractivity contribution in [2.24, 2.45) is 17.2 Å². The van der Waals surface area contributed by atoms with Crippen molar-refractivity contribution < 1.29 is 90.5 Å². The number of aliphatic hydroxyl groups is 2. The SMILES string of the molecule is CCCCCCCCCCCCCCCC(=O)NCC(=O)NC(CO)C(=O)N[C@@H](CCC(N)=O)C(=O)N[C@@H](Cc1c[nH]cn1)C(=O)NC(CO)C(=O)N[C@@H](CCCC)C(=O)N[C@H]1CCC(=O)CNCCCC[C@@H](C(N)=O)NC(=O)[C@H](Cc2c[nH]c3ccccc23)NC(=O)[C@H](CCCNC(=N)N)NC(=O)[C@@H](Cc2ccccc2)NC(=O)C(CCS(C)(=O)=O)NC1=O. The highest BCUT2D eigenvalue weighted by molar-refractivity contribution is 7.90. The summed E-state index contributed by atoms with van der Waals surface area (Å²) in [6.07, 6.45) is 17.1. The summed E-state index contributed by atoms with van der Waals surface area (Å²) in [4.78, 5) is 221. The van der Waals surface area contributed by atoms with Gasteiger partial charge in [-0.3, -0.25) is 77.3 Å². The van der Waals surface area contributed by atoms with Gasteiger partial charge in [-0.15, -0.1) is 0 Å². The van der Waals surface area contributed by atoms with Crippen molar-refractivity contribution in [3.05, 3.63) is 90.1 Å². The van der Waals surface area contributed by atoms with Crippen molar-refractivity contribution in [3.63, 3.8) is 0 Å². The molecule has 125 heavy (non-hydrogen) atoms. The third-order valence-corrected chi connectivity index (χ3v) is 22.1. The van der Waals surface area contributed by atoms with E-state index in [1.165, 1.54) is 63.9 Å². The highest BCUT2D eigenvalue weighted by Crippen LogP contribution is 2.21. The summed E-state index contributed by atoms with van der Waals surface area (Å²) in [5.41, 5.74) is 18.8. The maximum atomic E-state index is 15.0. The van der Waals surface area contributed by atoms with Gasteiger partial charge in [-0.2, -0.15) is 0 Å². The number of para-hydroxylation sites is 1. The number of hydrogen-bond donors (Lipinski definition) is 22. The number of H-pyrrole nitrogens is 2. The third kappa shape index (κ3) is 40.8. The first-order valence-electron chi connectivity index (χ1n) is 43.3. The fourth-order valence-corrected chi connectivity index (χ4v) is 14.6. The van der Waals surface area contributed by atoms with Crippen molar-refractivity contribution in [2.75, 3.05) is 51.4 Å². The summed E-state index contributed by atoms with van der Waals surface area (Å²) in [6.45, 7) is 1.09. The Balaban J connectivity index is 1.39. The smallest absolute Gasteiger partial charge is 0.245 e. The molecular weight excluding hydrogens is 1640 g/mol. The van der Waals surface area contributed by atoms with Crippen LogP contribution in [0, 0.1) is 5.41 Å². The summed E-state index contributed by atoms with van der Waals surface area (Å²) in [5, 5.41) is 65.4. The fraction of sp³-hybridized carbons (Fsp3) is 0.607. The number of primary amides is 2. The molecule has 25 N–H and O–H groups in total. The predicted octanol–water partition coefficient (Wildman–Crippen LogP) is -1.40. The lowest BCUT2D eigenvalue weighted by molar-refractivity contribution is -0.136. The lowest BCUT2D eigenvalue weighted by atomic mass is 10.0. The topological polar surface area (TPSA) is 645 Å². The van der Waals surface area contributed by atoms with Gasteiger partial charge in [0.15, 0.2) is 5.96 Å². The zero-order chi connectivity index (χ0) is 91.6. The van der Waals surface area contributed by atoms with Crippen LogP contribution in [0.4, 0.5) is 0 Å². The van der Waals surface area contributed by atoms with Gasteiger partial charge >= 0.3 is 0 Å². The number of ketones is 1. The number of aromatic nitrogens is 3. The second-order valence-corrected chi connectivity index (χ2v) is 33.8. The quantitative estimate of drug-likeness (QED) is 0.0137. The molecule has 2 aromatic heterocycles. The average molecular weight is 1770 g/mol. The molecule has 1 saturated heterocycles. The van der Waals surface area contributed by atoms with Gasteiger partial charge in [-0.1, -0.05) is 152 Å². The number of nitrogens with zero attached hydrogens (tertiary/aromatic N) is 1. The minimum Gasteiger partial charge on any atom is -0.394 e. The number of hydrogen-bond acceptors (Lipinski definition) is 22. The highest BCUT2D eigenvalue weighted by Gasteiger charge is 2.38. The number of imidazole rings is 1. The van der Waals surface area contributed by atoms with E-state index in [4.69, 9.17) is 22.6 Å². The van der Waals surface area contributed by atoms with Crippen molar-refractivity contribution in [1.29, 1.82) is 5.41 Å². The number of Topliss-reactive ketones (excluding diaryl/α,β-unsaturated/α-hetero) is 1. The Morgan fingerprint density at radius 2 is 1.10 bits per heavy atom. The summed E-state index contributed by atoms with van der Waals surface area (Å²) < 4.78 is 25.9. The molecule has 5 rings (SSSR count). The number of amides is 14. The zero-order valence-corrected chi connectivity index (χ0v) is 72.7. The van der Waals surface area contributed by atoms with E-state index < -0.39 is 235 Å². The molecule has 2 aromatic carbocycles. The van der Waals surface area contributed by atoms with E-state index in [1.54, 1.807) is 67.7 Å². The molecule has 692 valence electrons. The van der Waals surface area contributed by atoms with Gasteiger partial charge in [0.2, 0.25) is 82.7 Å². The third-order valence-electron chi connectivity index (χ3n) is 21.1. The van der Waals surface area contributed by atoms with Gasteiger partial charge in [-0.05, 0) is 87.9 Å². The van der Waals surface area contributed by atoms with E-state index in [2.05, 4.69) is 96.3 Å². The monoisotopic (exact) mass is 1770 g/mol. The van der Waals surface area contributed by atoms with E-state index in [9.17, 15) is 81.0 Å². The van der Waals surface area contributed by atoms with E-state index in [1.807, 2.05) is 0 Å². The molecule has 11 atom stereocenters. The molecule has 1 fully saturated rings. The first-order valence-corrected chi connectivity index (χ1v) is 45.3. The number of sulfone groups is 1. The Labute approximate surface area is 728 Å². The number of carbonyl (C=O) groups is 15. The molecule has 40 nitrogen and oxygen atoms in total. The summed E-state index contributed by atoms with van der Waals surface area (Å²) in [5.74, 6) is -15.5. The zero-order valence-electron chi connectivity index (χ0n) is 71.9. The van der Waals surface area contributed by atoms with Crippen LogP contribution in [0.2, 0.25) is 0 Å². The Morgan fingerprint density at radius 1 is 0.552 bits per heavy atom. The van der Waals surface area contributed by atoms with Crippen molar-refractivity contribution >= 4 is 115 Å².